The molecule has 0 radical (unpaired) electrons. The highest BCUT2D eigenvalue weighted by Gasteiger charge is 2.61. The number of likely N-dealkylation sites (tertiary alicyclic amines) is 1. The number of benzene rings is 1. The van der Waals surface area contributed by atoms with Crippen molar-refractivity contribution in [3.63, 3.8) is 0 Å². The average molecular weight is 700 g/mol. The quantitative estimate of drug-likeness (QED) is 0.160. The number of aliphatic hydroxyl groups excluding tert-OH is 1. The molecule has 0 bridgehead atoms. The molecule has 1 aromatic rings. The van der Waals surface area contributed by atoms with Gasteiger partial charge in [-0.1, -0.05) is 74.7 Å². The van der Waals surface area contributed by atoms with E-state index in [9.17, 15) is 14.7 Å². The van der Waals surface area contributed by atoms with Crippen LogP contribution in [0.1, 0.15) is 117 Å². The first kappa shape index (κ1) is 36.9. The van der Waals surface area contributed by atoms with Crippen molar-refractivity contribution in [1.29, 1.82) is 0 Å². The van der Waals surface area contributed by atoms with Crippen LogP contribution in [0.5, 0.6) is 0 Å². The van der Waals surface area contributed by atoms with E-state index in [1.54, 1.807) is 11.1 Å². The lowest BCUT2D eigenvalue weighted by atomic mass is 9.56. The van der Waals surface area contributed by atoms with E-state index in [1.807, 2.05) is 18.2 Å². The molecule has 7 rings (SSSR count). The summed E-state index contributed by atoms with van der Waals surface area (Å²) in [4.78, 5) is 27.6. The fraction of sp³-hybridized carbons (Fsp3) is 0.727. The van der Waals surface area contributed by atoms with Gasteiger partial charge in [-0.2, -0.15) is 0 Å². The van der Waals surface area contributed by atoms with E-state index >= 15 is 0 Å². The van der Waals surface area contributed by atoms with Crippen LogP contribution >= 0.6 is 0 Å². The average Bonchev–Trinajstić information content (AvgIpc) is 3.64. The third-order valence-electron chi connectivity index (χ3n) is 14.7. The number of aryl methyl sites for hydroxylation is 1. The normalized spacial score (nSPS) is 37.3. The fourth-order valence-electron chi connectivity index (χ4n) is 12.0. The van der Waals surface area contributed by atoms with Gasteiger partial charge in [0.2, 0.25) is 11.8 Å². The van der Waals surface area contributed by atoms with Crippen molar-refractivity contribution in [2.75, 3.05) is 26.2 Å². The summed E-state index contributed by atoms with van der Waals surface area (Å²) in [6.07, 6.45) is 16.0. The monoisotopic (exact) mass is 699 g/mol. The second-order valence-electron chi connectivity index (χ2n) is 17.7. The summed E-state index contributed by atoms with van der Waals surface area (Å²) in [5.74, 6) is 3.37. The highest BCUT2D eigenvalue weighted by atomic mass is 16.5. The SMILES string of the molecule is CC1=C2CC3C(CC=C4C[C@H](O)CC[C@]43C)C2CCC12O[C@H]1C[C@@H](C)CN(CCNC(=O)CCCCCNC(=O)CCc3ccccc3)[C@@H]1[C@@H]2C. The molecule has 2 saturated heterocycles. The third kappa shape index (κ3) is 7.38. The van der Waals surface area contributed by atoms with Crippen LogP contribution in [0.25, 0.3) is 0 Å². The predicted molar refractivity (Wildman–Crippen MR) is 203 cm³/mol. The summed E-state index contributed by atoms with van der Waals surface area (Å²) >= 11 is 0. The molecule has 4 fully saturated rings. The maximum Gasteiger partial charge on any atom is 0.220 e. The fourth-order valence-corrected chi connectivity index (χ4v) is 12.0. The van der Waals surface area contributed by atoms with Crippen LogP contribution in [0.15, 0.2) is 53.1 Å². The molecular formula is C44H65N3O4. The van der Waals surface area contributed by atoms with Crippen molar-refractivity contribution >= 4 is 11.8 Å². The number of allylic oxidation sites excluding steroid dienone is 2. The zero-order valence-corrected chi connectivity index (χ0v) is 31.9. The number of fused-ring (bicyclic) bond motifs is 6. The molecule has 4 aliphatic carbocycles. The van der Waals surface area contributed by atoms with Gasteiger partial charge in [0, 0.05) is 51.0 Å². The molecule has 4 unspecified atom stereocenters. The van der Waals surface area contributed by atoms with Gasteiger partial charge in [-0.3, -0.25) is 14.5 Å². The van der Waals surface area contributed by atoms with Crippen LogP contribution in [0.3, 0.4) is 0 Å². The van der Waals surface area contributed by atoms with E-state index in [0.717, 1.165) is 76.8 Å². The van der Waals surface area contributed by atoms with E-state index < -0.39 is 0 Å². The second kappa shape index (κ2) is 15.5. The number of carbonyl (C=O) groups is 2. The summed E-state index contributed by atoms with van der Waals surface area (Å²) in [6, 6.07) is 10.5. The van der Waals surface area contributed by atoms with Crippen molar-refractivity contribution < 1.29 is 19.4 Å². The van der Waals surface area contributed by atoms with Crippen LogP contribution in [0.4, 0.5) is 0 Å². The standard InChI is InChI=1S/C44H65N3O4/c1-29-25-39-42(47(28-29)24-23-46-40(49)13-9-6-10-22-45-41(50)17-14-32-11-7-5-8-12-32)31(3)44(51-39)21-19-35-36-16-15-33-26-34(48)18-20-43(33,4)38(36)27-37(35)30(44)2/h5,7-8,11-12,15,29,31,34-36,38-39,42,48H,6,9-10,13-14,16-28H2,1-4H3,(H,45,50)(H,46,49)/t29-,31+,34-,35?,36?,38?,39+,42-,43-,44?/m1/s1. The topological polar surface area (TPSA) is 90.9 Å². The summed E-state index contributed by atoms with van der Waals surface area (Å²) in [7, 11) is 0. The molecule has 2 aliphatic heterocycles. The number of nitrogens with one attached hydrogen (secondary N) is 2. The van der Waals surface area contributed by atoms with Gasteiger partial charge in [0.25, 0.3) is 0 Å². The molecule has 6 aliphatic rings. The number of rotatable bonds is 12. The zero-order valence-electron chi connectivity index (χ0n) is 31.9. The van der Waals surface area contributed by atoms with E-state index in [1.165, 1.54) is 30.4 Å². The third-order valence-corrected chi connectivity index (χ3v) is 14.7. The Kier molecular flexibility index (Phi) is 11.2. The molecule has 10 atom stereocenters. The zero-order chi connectivity index (χ0) is 35.8. The van der Waals surface area contributed by atoms with Gasteiger partial charge in [0.1, 0.15) is 0 Å². The van der Waals surface area contributed by atoms with Gasteiger partial charge < -0.3 is 20.5 Å². The summed E-state index contributed by atoms with van der Waals surface area (Å²) in [5, 5.41) is 16.7. The molecule has 7 heteroatoms. The van der Waals surface area contributed by atoms with Crippen LogP contribution in [0.2, 0.25) is 0 Å². The number of ether oxygens (including phenoxy) is 1. The number of nitrogens with zero attached hydrogens (tertiary/aromatic N) is 1. The van der Waals surface area contributed by atoms with Crippen molar-refractivity contribution in [1.82, 2.24) is 15.5 Å². The Morgan fingerprint density at radius 3 is 2.59 bits per heavy atom. The van der Waals surface area contributed by atoms with Crippen LogP contribution in [0, 0.1) is 35.0 Å². The number of aliphatic hydroxyl groups is 1. The number of hydrogen-bond acceptors (Lipinski definition) is 5. The number of carbonyl (C=O) groups excluding carboxylic acids is 2. The molecule has 2 amide bonds. The van der Waals surface area contributed by atoms with E-state index in [2.05, 4.69) is 61.4 Å². The molecule has 2 saturated carbocycles. The molecule has 280 valence electrons. The maximum atomic E-state index is 12.8. The molecule has 51 heavy (non-hydrogen) atoms. The Morgan fingerprint density at radius 2 is 1.76 bits per heavy atom. The highest BCUT2D eigenvalue weighted by molar-refractivity contribution is 5.76. The van der Waals surface area contributed by atoms with Gasteiger partial charge in [-0.15, -0.1) is 0 Å². The molecule has 7 nitrogen and oxygen atoms in total. The number of unbranched alkanes of at least 4 members (excludes halogenated alkanes) is 2. The van der Waals surface area contributed by atoms with Crippen molar-refractivity contribution in [2.24, 2.45) is 35.0 Å². The lowest BCUT2D eigenvalue weighted by Gasteiger charge is -2.49. The molecule has 2 heterocycles. The van der Waals surface area contributed by atoms with Crippen molar-refractivity contribution in [2.45, 2.75) is 141 Å². The van der Waals surface area contributed by atoms with Gasteiger partial charge >= 0.3 is 0 Å². The second-order valence-corrected chi connectivity index (χ2v) is 17.7. The largest absolute Gasteiger partial charge is 0.393 e. The first-order chi connectivity index (χ1) is 24.6. The van der Waals surface area contributed by atoms with Crippen molar-refractivity contribution in [3.8, 4) is 0 Å². The van der Waals surface area contributed by atoms with Gasteiger partial charge in [-0.25, -0.2) is 0 Å². The minimum Gasteiger partial charge on any atom is -0.393 e. The Balaban J connectivity index is 0.879. The first-order valence-corrected chi connectivity index (χ1v) is 20.7. The van der Waals surface area contributed by atoms with Crippen LogP contribution < -0.4 is 10.6 Å². The van der Waals surface area contributed by atoms with Gasteiger partial charge in [0.15, 0.2) is 0 Å². The summed E-state index contributed by atoms with van der Waals surface area (Å²) < 4.78 is 7.33. The predicted octanol–water partition coefficient (Wildman–Crippen LogP) is 7.14. The number of piperidine rings is 1. The summed E-state index contributed by atoms with van der Waals surface area (Å²) in [5.41, 5.74) is 6.09. The molecule has 0 aromatic heterocycles. The Labute approximate surface area is 307 Å². The lowest BCUT2D eigenvalue weighted by molar-refractivity contribution is -0.122. The smallest absolute Gasteiger partial charge is 0.220 e. The molecule has 1 aromatic carbocycles. The van der Waals surface area contributed by atoms with Crippen LogP contribution in [-0.2, 0) is 20.7 Å². The molecule has 3 N–H and O–H groups in total. The minimum absolute atomic E-state index is 0.0986. The number of hydrogen-bond donors (Lipinski definition) is 3. The summed E-state index contributed by atoms with van der Waals surface area (Å²) in [6.45, 7) is 13.1. The lowest BCUT2D eigenvalue weighted by Crippen LogP contribution is -2.54. The molecular weight excluding hydrogens is 635 g/mol. The Hall–Kier alpha value is -2.48. The van der Waals surface area contributed by atoms with E-state index in [4.69, 9.17) is 4.74 Å². The maximum absolute atomic E-state index is 12.8. The minimum atomic E-state index is -0.165. The van der Waals surface area contributed by atoms with E-state index in [0.29, 0.717) is 55.6 Å². The Morgan fingerprint density at radius 1 is 0.980 bits per heavy atom. The van der Waals surface area contributed by atoms with E-state index in [-0.39, 0.29) is 35.0 Å². The molecule has 1 spiro atoms. The number of amides is 2. The van der Waals surface area contributed by atoms with Crippen molar-refractivity contribution in [3.05, 3.63) is 58.7 Å². The van der Waals surface area contributed by atoms with Crippen LogP contribution in [-0.4, -0.2) is 71.9 Å². The Bertz CT molecular complexity index is 1470. The highest BCUT2D eigenvalue weighted by Crippen LogP contribution is 2.65. The van der Waals surface area contributed by atoms with Gasteiger partial charge in [0.05, 0.1) is 17.8 Å². The first-order valence-electron chi connectivity index (χ1n) is 20.7. The van der Waals surface area contributed by atoms with Gasteiger partial charge in [-0.05, 0) is 118 Å².